The van der Waals surface area contributed by atoms with Crippen LogP contribution in [0.2, 0.25) is 0 Å². The van der Waals surface area contributed by atoms with E-state index in [-0.39, 0.29) is 6.03 Å². The second-order valence-corrected chi connectivity index (χ2v) is 2.43. The van der Waals surface area contributed by atoms with Crippen molar-refractivity contribution in [3.63, 3.8) is 0 Å². The molecule has 0 bridgehead atoms. The van der Waals surface area contributed by atoms with Crippen LogP contribution in [0.25, 0.3) is 0 Å². The minimum atomic E-state index is -0.146. The summed E-state index contributed by atoms with van der Waals surface area (Å²) in [4.78, 5) is 10.8. The molecule has 1 rings (SSSR count). The summed E-state index contributed by atoms with van der Waals surface area (Å²) in [5.74, 6) is 0. The molecule has 64 valence electrons. The number of nitrogens with zero attached hydrogens (tertiary/aromatic N) is 1. The van der Waals surface area contributed by atoms with Crippen LogP contribution >= 0.6 is 0 Å². The van der Waals surface area contributed by atoms with E-state index in [0.717, 1.165) is 26.2 Å². The van der Waals surface area contributed by atoms with Gasteiger partial charge in [-0.15, -0.1) is 0 Å². The van der Waals surface area contributed by atoms with Gasteiger partial charge in [0.1, 0.15) is 0 Å². The van der Waals surface area contributed by atoms with Crippen molar-refractivity contribution in [1.82, 2.24) is 21.1 Å². The van der Waals surface area contributed by atoms with E-state index in [4.69, 9.17) is 0 Å². The molecule has 5 heteroatoms. The molecule has 0 aliphatic carbocycles. The third-order valence-electron chi connectivity index (χ3n) is 1.60. The zero-order valence-corrected chi connectivity index (χ0v) is 6.68. The SMILES string of the molecule is CNC(=O)NN1CCNCC1. The molecule has 5 nitrogen and oxygen atoms in total. The summed E-state index contributed by atoms with van der Waals surface area (Å²) >= 11 is 0. The molecule has 0 unspecified atom stereocenters. The predicted octanol–water partition coefficient (Wildman–Crippen LogP) is -1.26. The van der Waals surface area contributed by atoms with Crippen molar-refractivity contribution in [3.05, 3.63) is 0 Å². The maximum Gasteiger partial charge on any atom is 0.329 e. The first-order chi connectivity index (χ1) is 5.33. The highest BCUT2D eigenvalue weighted by molar-refractivity contribution is 5.72. The third-order valence-corrected chi connectivity index (χ3v) is 1.60. The van der Waals surface area contributed by atoms with Gasteiger partial charge in [0.05, 0.1) is 0 Å². The van der Waals surface area contributed by atoms with Crippen LogP contribution in [0.5, 0.6) is 0 Å². The van der Waals surface area contributed by atoms with Crippen LogP contribution in [0.4, 0.5) is 4.79 Å². The highest BCUT2D eigenvalue weighted by Crippen LogP contribution is 1.85. The van der Waals surface area contributed by atoms with Crippen LogP contribution in [-0.4, -0.2) is 44.3 Å². The lowest BCUT2D eigenvalue weighted by atomic mass is 10.4. The van der Waals surface area contributed by atoms with E-state index >= 15 is 0 Å². The number of carbonyl (C=O) groups is 1. The Morgan fingerprint density at radius 3 is 2.64 bits per heavy atom. The Bertz CT molecular complexity index is 133. The summed E-state index contributed by atoms with van der Waals surface area (Å²) in [6.07, 6.45) is 0. The Hall–Kier alpha value is -0.810. The van der Waals surface area contributed by atoms with Crippen molar-refractivity contribution < 1.29 is 4.79 Å². The normalized spacial score (nSPS) is 19.4. The molecule has 1 heterocycles. The summed E-state index contributed by atoms with van der Waals surface area (Å²) in [7, 11) is 1.61. The van der Waals surface area contributed by atoms with Gasteiger partial charge in [-0.1, -0.05) is 0 Å². The number of hydrogen-bond donors (Lipinski definition) is 3. The van der Waals surface area contributed by atoms with Gasteiger partial charge in [0, 0.05) is 33.2 Å². The first kappa shape index (κ1) is 8.29. The van der Waals surface area contributed by atoms with E-state index in [2.05, 4.69) is 16.1 Å². The molecule has 0 aromatic heterocycles. The second-order valence-electron chi connectivity index (χ2n) is 2.43. The fourth-order valence-electron chi connectivity index (χ4n) is 0.976. The number of nitrogens with one attached hydrogen (secondary N) is 3. The number of amides is 2. The first-order valence-electron chi connectivity index (χ1n) is 3.77. The summed E-state index contributed by atoms with van der Waals surface area (Å²) in [5, 5.41) is 7.59. The molecule has 2 amide bonds. The second kappa shape index (κ2) is 4.15. The molecule has 0 aromatic rings. The minimum absolute atomic E-state index is 0.146. The first-order valence-corrected chi connectivity index (χ1v) is 3.77. The third kappa shape index (κ3) is 2.73. The molecule has 3 N–H and O–H groups in total. The Kier molecular flexibility index (Phi) is 3.13. The summed E-state index contributed by atoms with van der Waals surface area (Å²) in [5.41, 5.74) is 2.71. The lowest BCUT2D eigenvalue weighted by Crippen LogP contribution is -2.54. The standard InChI is InChI=1S/C6H14N4O/c1-7-6(11)9-10-4-2-8-3-5-10/h8H,2-5H2,1H3,(H2,7,9,11). The van der Waals surface area contributed by atoms with Gasteiger partial charge >= 0.3 is 6.03 Å². The van der Waals surface area contributed by atoms with Crippen LogP contribution in [0, 0.1) is 0 Å². The molecule has 1 aliphatic rings. The van der Waals surface area contributed by atoms with E-state index < -0.39 is 0 Å². The molecule has 11 heavy (non-hydrogen) atoms. The number of urea groups is 1. The molecule has 0 atom stereocenters. The lowest BCUT2D eigenvalue weighted by Gasteiger charge is -2.27. The fourth-order valence-corrected chi connectivity index (χ4v) is 0.976. The van der Waals surface area contributed by atoms with Gasteiger partial charge in [-0.05, 0) is 0 Å². The molecule has 0 saturated carbocycles. The van der Waals surface area contributed by atoms with Crippen molar-refractivity contribution in [2.45, 2.75) is 0 Å². The molecular weight excluding hydrogens is 144 g/mol. The van der Waals surface area contributed by atoms with Crippen molar-refractivity contribution in [2.24, 2.45) is 0 Å². The average Bonchev–Trinajstić information content (AvgIpc) is 2.06. The Morgan fingerprint density at radius 1 is 1.45 bits per heavy atom. The summed E-state index contributed by atoms with van der Waals surface area (Å²) in [6, 6.07) is -0.146. The van der Waals surface area contributed by atoms with Gasteiger partial charge in [-0.2, -0.15) is 0 Å². The van der Waals surface area contributed by atoms with Crippen molar-refractivity contribution in [3.8, 4) is 0 Å². The number of hydrogen-bond acceptors (Lipinski definition) is 3. The average molecular weight is 158 g/mol. The lowest BCUT2D eigenvalue weighted by molar-refractivity contribution is 0.163. The molecule has 1 fully saturated rings. The highest BCUT2D eigenvalue weighted by atomic mass is 16.2. The van der Waals surface area contributed by atoms with Crippen LogP contribution in [0.1, 0.15) is 0 Å². The van der Waals surface area contributed by atoms with Crippen LogP contribution in [-0.2, 0) is 0 Å². The number of hydrazine groups is 1. The Morgan fingerprint density at radius 2 is 2.09 bits per heavy atom. The largest absolute Gasteiger partial charge is 0.340 e. The molecule has 0 aromatic carbocycles. The number of carbonyl (C=O) groups excluding carboxylic acids is 1. The summed E-state index contributed by atoms with van der Waals surface area (Å²) < 4.78 is 0. The molecule has 1 aliphatic heterocycles. The maximum absolute atomic E-state index is 10.8. The zero-order chi connectivity index (χ0) is 8.10. The van der Waals surface area contributed by atoms with Gasteiger partial charge in [0.2, 0.25) is 0 Å². The quantitative estimate of drug-likeness (QED) is 0.446. The van der Waals surface area contributed by atoms with Crippen LogP contribution in [0.3, 0.4) is 0 Å². The maximum atomic E-state index is 10.8. The summed E-state index contributed by atoms with van der Waals surface area (Å²) in [6.45, 7) is 3.61. The van der Waals surface area contributed by atoms with E-state index in [9.17, 15) is 4.79 Å². The van der Waals surface area contributed by atoms with Crippen molar-refractivity contribution >= 4 is 6.03 Å². The van der Waals surface area contributed by atoms with Crippen LogP contribution in [0.15, 0.2) is 0 Å². The van der Waals surface area contributed by atoms with E-state index in [1.165, 1.54) is 0 Å². The van der Waals surface area contributed by atoms with Crippen LogP contribution < -0.4 is 16.1 Å². The van der Waals surface area contributed by atoms with Crippen molar-refractivity contribution in [1.29, 1.82) is 0 Å². The topological polar surface area (TPSA) is 56.4 Å². The van der Waals surface area contributed by atoms with Gasteiger partial charge < -0.3 is 10.6 Å². The Labute approximate surface area is 66.1 Å². The van der Waals surface area contributed by atoms with E-state index in [1.54, 1.807) is 7.05 Å². The van der Waals surface area contributed by atoms with Gasteiger partial charge in [0.25, 0.3) is 0 Å². The predicted molar refractivity (Wildman–Crippen MR) is 42.0 cm³/mol. The smallest absolute Gasteiger partial charge is 0.329 e. The highest BCUT2D eigenvalue weighted by Gasteiger charge is 2.10. The zero-order valence-electron chi connectivity index (χ0n) is 6.68. The number of rotatable bonds is 1. The fraction of sp³-hybridized carbons (Fsp3) is 0.833. The van der Waals surface area contributed by atoms with E-state index in [0.29, 0.717) is 0 Å². The number of piperazine rings is 1. The Balaban J connectivity index is 2.19. The van der Waals surface area contributed by atoms with Gasteiger partial charge in [0.15, 0.2) is 0 Å². The van der Waals surface area contributed by atoms with Crippen molar-refractivity contribution in [2.75, 3.05) is 33.2 Å². The molecule has 0 spiro atoms. The molecular formula is C6H14N4O. The van der Waals surface area contributed by atoms with Gasteiger partial charge in [-0.3, -0.25) is 5.43 Å². The minimum Gasteiger partial charge on any atom is -0.340 e. The molecule has 1 saturated heterocycles. The molecule has 0 radical (unpaired) electrons. The van der Waals surface area contributed by atoms with E-state index in [1.807, 2.05) is 5.01 Å². The monoisotopic (exact) mass is 158 g/mol. The van der Waals surface area contributed by atoms with Gasteiger partial charge in [-0.25, -0.2) is 9.80 Å².